The van der Waals surface area contributed by atoms with Gasteiger partial charge in [0.25, 0.3) is 5.91 Å². The molecule has 8 nitrogen and oxygen atoms in total. The summed E-state index contributed by atoms with van der Waals surface area (Å²) >= 11 is 0. The van der Waals surface area contributed by atoms with Gasteiger partial charge in [0, 0.05) is 32.7 Å². The van der Waals surface area contributed by atoms with Crippen LogP contribution in [-0.4, -0.2) is 78.5 Å². The van der Waals surface area contributed by atoms with Crippen LogP contribution < -0.4 is 10.6 Å². The molecular formula is C23H35N5O3. The number of rotatable bonds is 9. The summed E-state index contributed by atoms with van der Waals surface area (Å²) < 4.78 is 0. The zero-order valence-electron chi connectivity index (χ0n) is 18.9. The summed E-state index contributed by atoms with van der Waals surface area (Å²) in [7, 11) is 0. The van der Waals surface area contributed by atoms with E-state index in [1.807, 2.05) is 37.3 Å². The minimum absolute atomic E-state index is 0.0470. The first-order valence-corrected chi connectivity index (χ1v) is 11.3. The van der Waals surface area contributed by atoms with Crippen LogP contribution >= 0.6 is 0 Å². The number of benzene rings is 1. The fourth-order valence-electron chi connectivity index (χ4n) is 4.35. The Morgan fingerprint density at radius 2 is 1.74 bits per heavy atom. The molecule has 170 valence electrons. The monoisotopic (exact) mass is 429 g/mol. The Bertz CT molecular complexity index is 777. The average Bonchev–Trinajstić information content (AvgIpc) is 2.98. The number of nitrogens with zero attached hydrogens (tertiary/aromatic N) is 3. The highest BCUT2D eigenvalue weighted by atomic mass is 16.2. The van der Waals surface area contributed by atoms with E-state index >= 15 is 0 Å². The molecule has 8 heteroatoms. The topological polar surface area (TPSA) is 85.0 Å². The van der Waals surface area contributed by atoms with Gasteiger partial charge in [-0.15, -0.1) is 0 Å². The lowest BCUT2D eigenvalue weighted by Gasteiger charge is -2.36. The highest BCUT2D eigenvalue weighted by Gasteiger charge is 2.52. The molecule has 31 heavy (non-hydrogen) atoms. The number of amides is 4. The lowest BCUT2D eigenvalue weighted by atomic mass is 9.82. The van der Waals surface area contributed by atoms with Crippen LogP contribution in [0, 0.1) is 5.92 Å². The van der Waals surface area contributed by atoms with Crippen molar-refractivity contribution in [3.63, 3.8) is 0 Å². The second-order valence-corrected chi connectivity index (χ2v) is 8.92. The molecule has 1 unspecified atom stereocenters. The molecule has 1 aromatic carbocycles. The van der Waals surface area contributed by atoms with Crippen molar-refractivity contribution in [3.8, 4) is 0 Å². The molecule has 2 heterocycles. The van der Waals surface area contributed by atoms with Crippen molar-refractivity contribution in [2.24, 2.45) is 5.92 Å². The van der Waals surface area contributed by atoms with Crippen LogP contribution in [0.4, 0.5) is 4.79 Å². The summed E-state index contributed by atoms with van der Waals surface area (Å²) in [5.41, 5.74) is -0.182. The van der Waals surface area contributed by atoms with Crippen molar-refractivity contribution in [3.05, 3.63) is 35.9 Å². The van der Waals surface area contributed by atoms with E-state index in [4.69, 9.17) is 0 Å². The van der Waals surface area contributed by atoms with E-state index in [2.05, 4.69) is 34.3 Å². The standard InChI is InChI=1S/C23H35N5O3/c1-4-10-24-20(29)16-26-11-13-27(14-12-26)17-28-21(30)23(15-18(2)3,25-22(28)31)19-8-6-5-7-9-19/h5-9,18H,4,10-17H2,1-3H3,(H,24,29)(H,25,31). The molecule has 1 aromatic rings. The van der Waals surface area contributed by atoms with Gasteiger partial charge in [0.2, 0.25) is 5.91 Å². The van der Waals surface area contributed by atoms with Crippen molar-refractivity contribution < 1.29 is 14.4 Å². The van der Waals surface area contributed by atoms with Gasteiger partial charge in [0.1, 0.15) is 5.54 Å². The van der Waals surface area contributed by atoms with Gasteiger partial charge in [0.15, 0.2) is 0 Å². The van der Waals surface area contributed by atoms with Gasteiger partial charge in [-0.3, -0.25) is 19.4 Å². The normalized spacial score (nSPS) is 22.8. The van der Waals surface area contributed by atoms with E-state index in [-0.39, 0.29) is 30.4 Å². The number of hydrogen-bond acceptors (Lipinski definition) is 5. The first-order valence-electron chi connectivity index (χ1n) is 11.3. The van der Waals surface area contributed by atoms with Gasteiger partial charge in [0.05, 0.1) is 13.2 Å². The zero-order valence-corrected chi connectivity index (χ0v) is 18.9. The number of nitrogens with one attached hydrogen (secondary N) is 2. The molecule has 0 aromatic heterocycles. The minimum Gasteiger partial charge on any atom is -0.355 e. The molecular weight excluding hydrogens is 394 g/mol. The van der Waals surface area contributed by atoms with Crippen LogP contribution in [0.25, 0.3) is 0 Å². The Morgan fingerprint density at radius 3 is 2.35 bits per heavy atom. The lowest BCUT2D eigenvalue weighted by molar-refractivity contribution is -0.134. The van der Waals surface area contributed by atoms with Crippen molar-refractivity contribution in [2.45, 2.75) is 39.2 Å². The molecule has 2 saturated heterocycles. The van der Waals surface area contributed by atoms with E-state index in [1.54, 1.807) is 0 Å². The Morgan fingerprint density at radius 1 is 1.10 bits per heavy atom. The average molecular weight is 430 g/mol. The quantitative estimate of drug-likeness (QED) is 0.582. The molecule has 4 amide bonds. The molecule has 0 bridgehead atoms. The maximum atomic E-state index is 13.5. The Balaban J connectivity index is 1.62. The van der Waals surface area contributed by atoms with Gasteiger partial charge < -0.3 is 10.6 Å². The van der Waals surface area contributed by atoms with Crippen LogP contribution in [-0.2, 0) is 15.1 Å². The third kappa shape index (κ3) is 5.43. The maximum absolute atomic E-state index is 13.5. The predicted molar refractivity (Wildman–Crippen MR) is 119 cm³/mol. The Kier molecular flexibility index (Phi) is 7.67. The molecule has 2 N–H and O–H groups in total. The zero-order chi connectivity index (χ0) is 22.4. The van der Waals surface area contributed by atoms with Gasteiger partial charge >= 0.3 is 6.03 Å². The van der Waals surface area contributed by atoms with Crippen molar-refractivity contribution in [1.29, 1.82) is 0 Å². The summed E-state index contributed by atoms with van der Waals surface area (Å²) in [5, 5.41) is 5.91. The fraction of sp³-hybridized carbons (Fsp3) is 0.609. The van der Waals surface area contributed by atoms with Crippen molar-refractivity contribution >= 4 is 17.8 Å². The first kappa shape index (κ1) is 23.2. The largest absolute Gasteiger partial charge is 0.355 e. The maximum Gasteiger partial charge on any atom is 0.326 e. The molecule has 3 rings (SSSR count). The van der Waals surface area contributed by atoms with E-state index < -0.39 is 5.54 Å². The molecule has 1 atom stereocenters. The number of carbonyl (C=O) groups is 3. The molecule has 0 saturated carbocycles. The van der Waals surface area contributed by atoms with Gasteiger partial charge in [-0.2, -0.15) is 0 Å². The highest BCUT2D eigenvalue weighted by molar-refractivity contribution is 6.07. The van der Waals surface area contributed by atoms with Gasteiger partial charge in [-0.1, -0.05) is 51.1 Å². The number of carbonyl (C=O) groups excluding carboxylic acids is 3. The summed E-state index contributed by atoms with van der Waals surface area (Å²) in [6.45, 7) is 10.4. The fourth-order valence-corrected chi connectivity index (χ4v) is 4.35. The summed E-state index contributed by atoms with van der Waals surface area (Å²) in [4.78, 5) is 43.9. The van der Waals surface area contributed by atoms with Gasteiger partial charge in [-0.05, 0) is 24.3 Å². The molecule has 0 aliphatic carbocycles. The van der Waals surface area contributed by atoms with Crippen molar-refractivity contribution in [2.75, 3.05) is 45.9 Å². The molecule has 0 spiro atoms. The number of piperazine rings is 1. The van der Waals surface area contributed by atoms with Crippen LogP contribution in [0.2, 0.25) is 0 Å². The van der Waals surface area contributed by atoms with E-state index in [9.17, 15) is 14.4 Å². The van der Waals surface area contributed by atoms with Crippen LogP contribution in [0.3, 0.4) is 0 Å². The Labute approximate surface area is 184 Å². The van der Waals surface area contributed by atoms with E-state index in [1.165, 1.54) is 4.90 Å². The smallest absolute Gasteiger partial charge is 0.326 e. The second kappa shape index (κ2) is 10.2. The molecule has 2 aliphatic heterocycles. The van der Waals surface area contributed by atoms with Crippen LogP contribution in [0.1, 0.15) is 39.2 Å². The summed E-state index contributed by atoms with van der Waals surface area (Å²) in [6, 6.07) is 9.19. The SMILES string of the molecule is CCCNC(=O)CN1CCN(CN2C(=O)NC(CC(C)C)(c3ccccc3)C2=O)CC1. The predicted octanol–water partition coefficient (Wildman–Crippen LogP) is 1.58. The third-order valence-electron chi connectivity index (χ3n) is 5.90. The van der Waals surface area contributed by atoms with E-state index in [0.29, 0.717) is 32.6 Å². The number of hydrogen-bond donors (Lipinski definition) is 2. The third-order valence-corrected chi connectivity index (χ3v) is 5.90. The van der Waals surface area contributed by atoms with E-state index in [0.717, 1.165) is 25.1 Å². The minimum atomic E-state index is -1.01. The summed E-state index contributed by atoms with van der Waals surface area (Å²) in [6.07, 6.45) is 1.48. The number of imide groups is 1. The van der Waals surface area contributed by atoms with Crippen LogP contribution in [0.5, 0.6) is 0 Å². The van der Waals surface area contributed by atoms with Crippen LogP contribution in [0.15, 0.2) is 30.3 Å². The van der Waals surface area contributed by atoms with Gasteiger partial charge in [-0.25, -0.2) is 9.69 Å². The molecule has 0 radical (unpaired) electrons. The highest BCUT2D eigenvalue weighted by Crippen LogP contribution is 2.35. The lowest BCUT2D eigenvalue weighted by Crippen LogP contribution is -2.53. The number of urea groups is 1. The molecule has 2 fully saturated rings. The van der Waals surface area contributed by atoms with Crippen molar-refractivity contribution in [1.82, 2.24) is 25.3 Å². The molecule has 2 aliphatic rings. The summed E-state index contributed by atoms with van der Waals surface area (Å²) in [5.74, 6) is 0.108. The first-order chi connectivity index (χ1) is 14.9. The Hall–Kier alpha value is -2.45. The second-order valence-electron chi connectivity index (χ2n) is 8.92.